The van der Waals surface area contributed by atoms with E-state index in [1.54, 1.807) is 24.3 Å². The van der Waals surface area contributed by atoms with E-state index in [1.165, 1.54) is 24.9 Å². The van der Waals surface area contributed by atoms with Gasteiger partial charge in [0.1, 0.15) is 6.54 Å². The Kier molecular flexibility index (Phi) is 7.03. The SMILES string of the molecule is CS(=O)(=O)N(CC(=O)NCc1ccc(N2CCCCC2)cc1)c1ccccc1Cl. The highest BCUT2D eigenvalue weighted by molar-refractivity contribution is 7.92. The number of rotatable bonds is 7. The molecule has 1 N–H and O–H groups in total. The Labute approximate surface area is 177 Å². The number of para-hydroxylation sites is 1. The minimum Gasteiger partial charge on any atom is -0.372 e. The maximum atomic E-state index is 12.4. The molecule has 1 aliphatic rings. The number of amides is 1. The van der Waals surface area contributed by atoms with Gasteiger partial charge in [0.05, 0.1) is 17.0 Å². The summed E-state index contributed by atoms with van der Waals surface area (Å²) < 4.78 is 25.3. The van der Waals surface area contributed by atoms with E-state index in [-0.39, 0.29) is 17.3 Å². The van der Waals surface area contributed by atoms with Gasteiger partial charge in [0, 0.05) is 25.3 Å². The summed E-state index contributed by atoms with van der Waals surface area (Å²) in [4.78, 5) is 14.8. The predicted molar refractivity (Wildman–Crippen MR) is 118 cm³/mol. The first-order chi connectivity index (χ1) is 13.8. The molecular formula is C21H26ClN3O3S. The molecule has 29 heavy (non-hydrogen) atoms. The van der Waals surface area contributed by atoms with Crippen LogP contribution in [0.3, 0.4) is 0 Å². The summed E-state index contributed by atoms with van der Waals surface area (Å²) in [6.45, 7) is 2.17. The predicted octanol–water partition coefficient (Wildman–Crippen LogP) is 3.41. The zero-order chi connectivity index (χ0) is 20.9. The van der Waals surface area contributed by atoms with Crippen LogP contribution in [0.2, 0.25) is 5.02 Å². The third-order valence-electron chi connectivity index (χ3n) is 4.96. The fourth-order valence-corrected chi connectivity index (χ4v) is 4.55. The first kappa shape index (κ1) is 21.5. The Morgan fingerprint density at radius 2 is 1.72 bits per heavy atom. The number of carbonyl (C=O) groups excluding carboxylic acids is 1. The molecule has 0 aromatic heterocycles. The van der Waals surface area contributed by atoms with Crippen LogP contribution >= 0.6 is 11.6 Å². The van der Waals surface area contributed by atoms with E-state index in [0.717, 1.165) is 29.2 Å². The number of nitrogens with zero attached hydrogens (tertiary/aromatic N) is 2. The van der Waals surface area contributed by atoms with Gasteiger partial charge >= 0.3 is 0 Å². The Balaban J connectivity index is 1.60. The molecular weight excluding hydrogens is 410 g/mol. The highest BCUT2D eigenvalue weighted by Gasteiger charge is 2.22. The number of nitrogens with one attached hydrogen (secondary N) is 1. The second-order valence-corrected chi connectivity index (χ2v) is 9.53. The van der Waals surface area contributed by atoms with Crippen LogP contribution in [0, 0.1) is 0 Å². The van der Waals surface area contributed by atoms with Gasteiger partial charge in [-0.25, -0.2) is 8.42 Å². The van der Waals surface area contributed by atoms with Crippen molar-refractivity contribution >= 4 is 38.9 Å². The standard InChI is InChI=1S/C21H26ClN3O3S/c1-29(27,28)25(20-8-4-3-7-19(20)22)16-21(26)23-15-17-9-11-18(12-10-17)24-13-5-2-6-14-24/h3-4,7-12H,2,5-6,13-16H2,1H3,(H,23,26). The third kappa shape index (κ3) is 5.87. The van der Waals surface area contributed by atoms with Crippen molar-refractivity contribution in [2.45, 2.75) is 25.8 Å². The summed E-state index contributed by atoms with van der Waals surface area (Å²) in [6, 6.07) is 14.7. The average molecular weight is 436 g/mol. The lowest BCUT2D eigenvalue weighted by Gasteiger charge is -2.28. The van der Waals surface area contributed by atoms with Crippen molar-refractivity contribution in [3.8, 4) is 0 Å². The van der Waals surface area contributed by atoms with Crippen molar-refractivity contribution in [2.75, 3.05) is 35.1 Å². The number of piperidine rings is 1. The lowest BCUT2D eigenvalue weighted by Crippen LogP contribution is -2.40. The fourth-order valence-electron chi connectivity index (χ4n) is 3.40. The van der Waals surface area contributed by atoms with Crippen molar-refractivity contribution in [1.82, 2.24) is 5.32 Å². The minimum atomic E-state index is -3.65. The van der Waals surface area contributed by atoms with Crippen LogP contribution in [0.4, 0.5) is 11.4 Å². The van der Waals surface area contributed by atoms with Crippen LogP contribution in [-0.4, -0.2) is 40.2 Å². The van der Waals surface area contributed by atoms with Gasteiger partial charge in [-0.15, -0.1) is 0 Å². The van der Waals surface area contributed by atoms with Crippen LogP contribution < -0.4 is 14.5 Å². The molecule has 1 aliphatic heterocycles. The van der Waals surface area contributed by atoms with E-state index in [0.29, 0.717) is 6.54 Å². The summed E-state index contributed by atoms with van der Waals surface area (Å²) in [5.74, 6) is -0.393. The molecule has 0 aliphatic carbocycles. The van der Waals surface area contributed by atoms with Gasteiger partial charge < -0.3 is 10.2 Å². The van der Waals surface area contributed by atoms with E-state index >= 15 is 0 Å². The van der Waals surface area contributed by atoms with Crippen molar-refractivity contribution in [3.63, 3.8) is 0 Å². The normalized spacial score (nSPS) is 14.5. The molecule has 6 nitrogen and oxygen atoms in total. The summed E-state index contributed by atoms with van der Waals surface area (Å²) in [5, 5.41) is 3.06. The Morgan fingerprint density at radius 3 is 2.34 bits per heavy atom. The quantitative estimate of drug-likeness (QED) is 0.723. The second kappa shape index (κ2) is 9.50. The van der Waals surface area contributed by atoms with E-state index in [1.807, 2.05) is 12.1 Å². The first-order valence-electron chi connectivity index (χ1n) is 9.67. The van der Waals surface area contributed by atoms with Gasteiger partial charge in [0.15, 0.2) is 0 Å². The number of anilines is 2. The van der Waals surface area contributed by atoms with Crippen molar-refractivity contribution in [2.24, 2.45) is 0 Å². The third-order valence-corrected chi connectivity index (χ3v) is 6.40. The number of halogens is 1. The number of hydrogen-bond donors (Lipinski definition) is 1. The van der Waals surface area contributed by atoms with Gasteiger partial charge in [0.25, 0.3) is 0 Å². The molecule has 0 bridgehead atoms. The molecule has 1 amide bonds. The molecule has 0 atom stereocenters. The van der Waals surface area contributed by atoms with Gasteiger partial charge in [-0.2, -0.15) is 0 Å². The Hall–Kier alpha value is -2.25. The average Bonchev–Trinajstić information content (AvgIpc) is 2.71. The highest BCUT2D eigenvalue weighted by Crippen LogP contribution is 2.27. The molecule has 1 fully saturated rings. The maximum absolute atomic E-state index is 12.4. The fraction of sp³-hybridized carbons (Fsp3) is 0.381. The van der Waals surface area contributed by atoms with Gasteiger partial charge in [-0.05, 0) is 49.1 Å². The van der Waals surface area contributed by atoms with Crippen LogP contribution in [0.1, 0.15) is 24.8 Å². The number of benzene rings is 2. The van der Waals surface area contributed by atoms with Crippen LogP contribution in [-0.2, 0) is 21.4 Å². The van der Waals surface area contributed by atoms with Crippen molar-refractivity contribution in [1.29, 1.82) is 0 Å². The molecule has 0 radical (unpaired) electrons. The number of carbonyl (C=O) groups is 1. The number of hydrogen-bond acceptors (Lipinski definition) is 4. The summed E-state index contributed by atoms with van der Waals surface area (Å²) >= 11 is 6.12. The van der Waals surface area contributed by atoms with E-state index in [9.17, 15) is 13.2 Å². The minimum absolute atomic E-state index is 0.277. The Bertz CT molecular complexity index is 942. The molecule has 0 unspecified atom stereocenters. The summed E-state index contributed by atoms with van der Waals surface area (Å²) in [5.41, 5.74) is 2.45. The van der Waals surface area contributed by atoms with Crippen LogP contribution in [0.5, 0.6) is 0 Å². The smallest absolute Gasteiger partial charge is 0.241 e. The van der Waals surface area contributed by atoms with E-state index in [2.05, 4.69) is 22.3 Å². The molecule has 2 aromatic rings. The summed E-state index contributed by atoms with van der Waals surface area (Å²) in [6.07, 6.45) is 4.79. The van der Waals surface area contributed by atoms with E-state index < -0.39 is 15.9 Å². The van der Waals surface area contributed by atoms with E-state index in [4.69, 9.17) is 11.6 Å². The monoisotopic (exact) mass is 435 g/mol. The van der Waals surface area contributed by atoms with Crippen molar-refractivity contribution < 1.29 is 13.2 Å². The van der Waals surface area contributed by atoms with Gasteiger partial charge in [-0.1, -0.05) is 35.9 Å². The first-order valence-corrected chi connectivity index (χ1v) is 11.9. The lowest BCUT2D eigenvalue weighted by molar-refractivity contribution is -0.119. The molecule has 2 aromatic carbocycles. The zero-order valence-electron chi connectivity index (χ0n) is 16.5. The summed E-state index contributed by atoms with van der Waals surface area (Å²) in [7, 11) is -3.65. The van der Waals surface area contributed by atoms with Crippen LogP contribution in [0.15, 0.2) is 48.5 Å². The highest BCUT2D eigenvalue weighted by atomic mass is 35.5. The van der Waals surface area contributed by atoms with Gasteiger partial charge in [-0.3, -0.25) is 9.10 Å². The molecule has 1 saturated heterocycles. The second-order valence-electron chi connectivity index (χ2n) is 7.21. The molecule has 8 heteroatoms. The molecule has 0 spiro atoms. The molecule has 1 heterocycles. The largest absolute Gasteiger partial charge is 0.372 e. The van der Waals surface area contributed by atoms with Crippen LogP contribution in [0.25, 0.3) is 0 Å². The Morgan fingerprint density at radius 1 is 1.07 bits per heavy atom. The molecule has 3 rings (SSSR count). The van der Waals surface area contributed by atoms with Crippen molar-refractivity contribution in [3.05, 3.63) is 59.1 Å². The van der Waals surface area contributed by atoms with Gasteiger partial charge in [0.2, 0.25) is 15.9 Å². The zero-order valence-corrected chi connectivity index (χ0v) is 18.0. The molecule has 156 valence electrons. The number of sulfonamides is 1. The topological polar surface area (TPSA) is 69.7 Å². The molecule has 0 saturated carbocycles. The maximum Gasteiger partial charge on any atom is 0.241 e. The lowest BCUT2D eigenvalue weighted by atomic mass is 10.1.